The molecule has 100 valence electrons. The summed E-state index contributed by atoms with van der Waals surface area (Å²) in [6, 6.07) is -1.67. The number of carbonyl (C=O) groups excluding carboxylic acids is 1. The number of nitrogens with two attached hydrogens (primary N) is 1. The van der Waals surface area contributed by atoms with Crippen LogP contribution < -0.4 is 11.1 Å². The lowest BCUT2D eigenvalue weighted by molar-refractivity contribution is -0.145. The average molecular weight is 244 g/mol. The highest BCUT2D eigenvalue weighted by molar-refractivity contribution is 5.87. The van der Waals surface area contributed by atoms with Crippen LogP contribution in [0.1, 0.15) is 41.5 Å². The molecular weight excluding hydrogens is 220 g/mol. The van der Waals surface area contributed by atoms with Crippen molar-refractivity contribution in [2.24, 2.45) is 16.6 Å². The third-order valence-electron chi connectivity index (χ3n) is 2.62. The molecule has 5 heteroatoms. The normalized spacial score (nSPS) is 16.2. The maximum atomic E-state index is 11.9. The van der Waals surface area contributed by atoms with Gasteiger partial charge in [0.05, 0.1) is 6.04 Å². The summed E-state index contributed by atoms with van der Waals surface area (Å²) < 4.78 is 0. The van der Waals surface area contributed by atoms with Gasteiger partial charge in [-0.15, -0.1) is 0 Å². The second-order valence-corrected chi connectivity index (χ2v) is 6.49. The van der Waals surface area contributed by atoms with Crippen molar-refractivity contribution in [3.63, 3.8) is 0 Å². The number of carbonyl (C=O) groups is 2. The minimum atomic E-state index is -1.05. The number of carboxylic acid groups (broad SMARTS) is 1. The lowest BCUT2D eigenvalue weighted by atomic mass is 9.84. The Morgan fingerprint density at radius 1 is 1.06 bits per heavy atom. The summed E-state index contributed by atoms with van der Waals surface area (Å²) in [6.45, 7) is 10.8. The molecule has 2 atom stereocenters. The zero-order valence-corrected chi connectivity index (χ0v) is 11.5. The molecule has 5 nitrogen and oxygen atoms in total. The maximum Gasteiger partial charge on any atom is 0.326 e. The largest absolute Gasteiger partial charge is 0.480 e. The summed E-state index contributed by atoms with van der Waals surface area (Å²) in [5, 5.41) is 11.6. The molecule has 0 aromatic rings. The minimum Gasteiger partial charge on any atom is -0.480 e. The van der Waals surface area contributed by atoms with E-state index >= 15 is 0 Å². The Morgan fingerprint density at radius 3 is 1.71 bits per heavy atom. The predicted octanol–water partition coefficient (Wildman–Crippen LogP) is 0.975. The first-order valence-electron chi connectivity index (χ1n) is 5.66. The van der Waals surface area contributed by atoms with Crippen LogP contribution in [0.2, 0.25) is 0 Å². The van der Waals surface area contributed by atoms with Crippen LogP contribution in [0.4, 0.5) is 0 Å². The fourth-order valence-electron chi connectivity index (χ4n) is 1.27. The third kappa shape index (κ3) is 4.73. The first kappa shape index (κ1) is 15.9. The van der Waals surface area contributed by atoms with Gasteiger partial charge in [0.15, 0.2) is 0 Å². The number of rotatable bonds is 3. The average Bonchev–Trinajstić information content (AvgIpc) is 2.08. The second-order valence-electron chi connectivity index (χ2n) is 6.49. The highest BCUT2D eigenvalue weighted by atomic mass is 16.4. The topological polar surface area (TPSA) is 92.4 Å². The Balaban J connectivity index is 4.82. The summed E-state index contributed by atoms with van der Waals surface area (Å²) in [4.78, 5) is 23.0. The number of hydrogen-bond donors (Lipinski definition) is 3. The molecule has 1 amide bonds. The van der Waals surface area contributed by atoms with Gasteiger partial charge in [-0.25, -0.2) is 4.79 Å². The van der Waals surface area contributed by atoms with Gasteiger partial charge in [0.25, 0.3) is 0 Å². The number of nitrogens with one attached hydrogen (secondary N) is 1. The third-order valence-corrected chi connectivity index (χ3v) is 2.62. The molecule has 0 heterocycles. The summed E-state index contributed by atoms with van der Waals surface area (Å²) in [5.41, 5.74) is 4.83. The molecule has 0 spiro atoms. The molecule has 0 radical (unpaired) electrons. The highest BCUT2D eigenvalue weighted by Gasteiger charge is 2.36. The van der Waals surface area contributed by atoms with E-state index < -0.39 is 34.8 Å². The Bertz CT molecular complexity index is 300. The van der Waals surface area contributed by atoms with Gasteiger partial charge in [-0.05, 0) is 10.8 Å². The van der Waals surface area contributed by atoms with Crippen molar-refractivity contribution < 1.29 is 14.7 Å². The van der Waals surface area contributed by atoms with E-state index in [1.54, 1.807) is 20.8 Å². The van der Waals surface area contributed by atoms with Crippen molar-refractivity contribution in [1.82, 2.24) is 5.32 Å². The van der Waals surface area contributed by atoms with Gasteiger partial charge < -0.3 is 16.2 Å². The minimum absolute atomic E-state index is 0.398. The van der Waals surface area contributed by atoms with Crippen LogP contribution >= 0.6 is 0 Å². The van der Waals surface area contributed by atoms with Crippen molar-refractivity contribution in [3.8, 4) is 0 Å². The lowest BCUT2D eigenvalue weighted by Crippen LogP contribution is -2.56. The first-order valence-corrected chi connectivity index (χ1v) is 5.66. The molecule has 17 heavy (non-hydrogen) atoms. The van der Waals surface area contributed by atoms with Crippen molar-refractivity contribution in [2.75, 3.05) is 0 Å². The standard InChI is InChI=1S/C12H24N2O3/c1-11(2,3)7(13)9(15)14-8(10(16)17)12(4,5)6/h7-8H,13H2,1-6H3,(H,14,15)(H,16,17)/t7-,8?/m1/s1. The highest BCUT2D eigenvalue weighted by Crippen LogP contribution is 2.21. The summed E-state index contributed by atoms with van der Waals surface area (Å²) in [7, 11) is 0. The molecular formula is C12H24N2O3. The fraction of sp³-hybridized carbons (Fsp3) is 0.833. The zero-order valence-electron chi connectivity index (χ0n) is 11.5. The maximum absolute atomic E-state index is 11.9. The van der Waals surface area contributed by atoms with E-state index in [1.165, 1.54) is 0 Å². The molecule has 0 bridgehead atoms. The molecule has 0 aromatic heterocycles. The summed E-state index contributed by atoms with van der Waals surface area (Å²) in [6.07, 6.45) is 0. The first-order chi connectivity index (χ1) is 7.37. The van der Waals surface area contributed by atoms with Crippen LogP contribution in [-0.2, 0) is 9.59 Å². The molecule has 0 aliphatic heterocycles. The Labute approximate surface area is 103 Å². The number of carboxylic acids is 1. The van der Waals surface area contributed by atoms with E-state index in [-0.39, 0.29) is 0 Å². The van der Waals surface area contributed by atoms with Crippen LogP contribution in [0.5, 0.6) is 0 Å². The molecule has 0 fully saturated rings. The number of hydrogen-bond acceptors (Lipinski definition) is 3. The molecule has 0 aromatic carbocycles. The molecule has 0 saturated carbocycles. The van der Waals surface area contributed by atoms with Crippen LogP contribution in [-0.4, -0.2) is 29.1 Å². The van der Waals surface area contributed by atoms with Crippen LogP contribution in [0.25, 0.3) is 0 Å². The van der Waals surface area contributed by atoms with Gasteiger partial charge in [-0.2, -0.15) is 0 Å². The van der Waals surface area contributed by atoms with E-state index in [1.807, 2.05) is 20.8 Å². The fourth-order valence-corrected chi connectivity index (χ4v) is 1.27. The SMILES string of the molecule is CC(C)(C)C(NC(=O)[C@@H](N)C(C)(C)C)C(=O)O. The van der Waals surface area contributed by atoms with E-state index in [2.05, 4.69) is 5.32 Å². The summed E-state index contributed by atoms with van der Waals surface area (Å²) in [5.74, 6) is -1.48. The zero-order chi connectivity index (χ0) is 14.0. The molecule has 1 unspecified atom stereocenters. The van der Waals surface area contributed by atoms with E-state index in [4.69, 9.17) is 10.8 Å². The Morgan fingerprint density at radius 2 is 1.47 bits per heavy atom. The quantitative estimate of drug-likeness (QED) is 0.690. The number of aliphatic carboxylic acids is 1. The molecule has 0 rings (SSSR count). The van der Waals surface area contributed by atoms with Gasteiger partial charge >= 0.3 is 5.97 Å². The lowest BCUT2D eigenvalue weighted by Gasteiger charge is -2.32. The smallest absolute Gasteiger partial charge is 0.326 e. The van der Waals surface area contributed by atoms with Gasteiger partial charge in [0.2, 0.25) is 5.91 Å². The predicted molar refractivity (Wildman–Crippen MR) is 66.5 cm³/mol. The number of amides is 1. The molecule has 0 saturated heterocycles. The van der Waals surface area contributed by atoms with Crippen LogP contribution in [0.15, 0.2) is 0 Å². The monoisotopic (exact) mass is 244 g/mol. The Kier molecular flexibility index (Phi) is 4.71. The van der Waals surface area contributed by atoms with Gasteiger partial charge in [0.1, 0.15) is 6.04 Å². The van der Waals surface area contributed by atoms with Crippen molar-refractivity contribution in [1.29, 1.82) is 0 Å². The molecule has 0 aliphatic carbocycles. The van der Waals surface area contributed by atoms with Crippen molar-refractivity contribution in [2.45, 2.75) is 53.6 Å². The van der Waals surface area contributed by atoms with E-state index in [0.29, 0.717) is 0 Å². The van der Waals surface area contributed by atoms with Crippen LogP contribution in [0.3, 0.4) is 0 Å². The van der Waals surface area contributed by atoms with E-state index in [9.17, 15) is 9.59 Å². The van der Waals surface area contributed by atoms with Gasteiger partial charge in [0, 0.05) is 0 Å². The van der Waals surface area contributed by atoms with Gasteiger partial charge in [-0.3, -0.25) is 4.79 Å². The molecule has 0 aliphatic rings. The van der Waals surface area contributed by atoms with Crippen LogP contribution in [0, 0.1) is 10.8 Å². The second kappa shape index (κ2) is 5.04. The van der Waals surface area contributed by atoms with Crippen molar-refractivity contribution >= 4 is 11.9 Å². The van der Waals surface area contributed by atoms with Gasteiger partial charge in [-0.1, -0.05) is 41.5 Å². The Hall–Kier alpha value is -1.10. The molecule has 4 N–H and O–H groups in total. The summed E-state index contributed by atoms with van der Waals surface area (Å²) >= 11 is 0. The van der Waals surface area contributed by atoms with E-state index in [0.717, 1.165) is 0 Å². The van der Waals surface area contributed by atoms with Crippen molar-refractivity contribution in [3.05, 3.63) is 0 Å².